The molecule has 46 heavy (non-hydrogen) atoms. The number of fused-ring (bicyclic) bond motifs is 2. The number of aromatic nitrogens is 1. The third kappa shape index (κ3) is 9.10. The molecule has 1 atom stereocenters. The van der Waals surface area contributed by atoms with E-state index in [1.54, 1.807) is 20.8 Å². The molecule has 1 saturated heterocycles. The molecule has 2 heterocycles. The highest BCUT2D eigenvalue weighted by atomic mass is 35.5. The molecule has 5 rings (SSSR count). The van der Waals surface area contributed by atoms with E-state index in [1.165, 1.54) is 27.8 Å². The number of nitrogens with zero attached hydrogens (tertiary/aromatic N) is 2. The molecule has 1 unspecified atom stereocenters. The highest BCUT2D eigenvalue weighted by Crippen LogP contribution is 2.38. The summed E-state index contributed by atoms with van der Waals surface area (Å²) in [4.78, 5) is 31.1. The van der Waals surface area contributed by atoms with Crippen LogP contribution in [0.4, 0.5) is 4.79 Å². The lowest BCUT2D eigenvalue weighted by molar-refractivity contribution is -0.139. The number of hydrogen-bond acceptors (Lipinski definition) is 6. The zero-order chi connectivity index (χ0) is 32.7. The number of piperidine rings is 1. The minimum Gasteiger partial charge on any atom is -0.494 e. The number of unbranched alkanes of at least 4 members (excludes halogenated alkanes) is 1. The fourth-order valence-corrected chi connectivity index (χ4v) is 6.36. The number of nitrogens with one attached hydrogen (secondary N) is 1. The summed E-state index contributed by atoms with van der Waals surface area (Å²) in [6.07, 6.45) is 7.32. The topological polar surface area (TPSA) is 101 Å². The Morgan fingerprint density at radius 3 is 2.46 bits per heavy atom. The first kappa shape index (κ1) is 33.5. The average molecular weight is 646 g/mol. The number of benzene rings is 2. The second-order valence-corrected chi connectivity index (χ2v) is 13.5. The van der Waals surface area contributed by atoms with Crippen LogP contribution >= 0.6 is 11.6 Å². The summed E-state index contributed by atoms with van der Waals surface area (Å²) in [5, 5.41) is 12.8. The van der Waals surface area contributed by atoms with Gasteiger partial charge in [0.15, 0.2) is 0 Å². The van der Waals surface area contributed by atoms with E-state index in [2.05, 4.69) is 28.4 Å². The predicted octanol–water partition coefficient (Wildman–Crippen LogP) is 7.11. The molecule has 1 aromatic heterocycles. The summed E-state index contributed by atoms with van der Waals surface area (Å²) >= 11 is 6.38. The van der Waals surface area contributed by atoms with Gasteiger partial charge in [-0.05, 0) is 118 Å². The van der Waals surface area contributed by atoms with Crippen molar-refractivity contribution in [1.29, 1.82) is 0 Å². The molecule has 1 fully saturated rings. The number of aliphatic carboxylic acids is 1. The number of carboxylic acid groups (broad SMARTS) is 1. The number of halogens is 1. The molecule has 1 aliphatic carbocycles. The van der Waals surface area contributed by atoms with Crippen LogP contribution in [-0.4, -0.2) is 64.9 Å². The zero-order valence-electron chi connectivity index (χ0n) is 27.0. The number of carbonyl (C=O) groups excluding carboxylic acids is 1. The molecular formula is C37H44ClN3O5. The molecule has 9 heteroatoms. The maximum Gasteiger partial charge on any atom is 0.408 e. The molecule has 2 N–H and O–H groups in total. The highest BCUT2D eigenvalue weighted by molar-refractivity contribution is 6.30. The fraction of sp³-hybridized carbons (Fsp3) is 0.432. The lowest BCUT2D eigenvalue weighted by atomic mass is 9.88. The Morgan fingerprint density at radius 2 is 1.74 bits per heavy atom. The van der Waals surface area contributed by atoms with E-state index in [0.717, 1.165) is 80.2 Å². The maximum atomic E-state index is 12.0. The Bertz CT molecular complexity index is 1550. The number of alkyl carbamates (subject to hydrolysis) is 1. The van der Waals surface area contributed by atoms with Crippen molar-refractivity contribution in [3.05, 3.63) is 99.3 Å². The monoisotopic (exact) mass is 645 g/mol. The van der Waals surface area contributed by atoms with Crippen LogP contribution in [0.5, 0.6) is 5.75 Å². The molecule has 244 valence electrons. The predicted molar refractivity (Wildman–Crippen MR) is 180 cm³/mol. The Hall–Kier alpha value is -3.88. The summed E-state index contributed by atoms with van der Waals surface area (Å²) < 4.78 is 11.2. The van der Waals surface area contributed by atoms with Gasteiger partial charge in [-0.1, -0.05) is 41.4 Å². The molecule has 3 aromatic rings. The molecule has 8 nitrogen and oxygen atoms in total. The van der Waals surface area contributed by atoms with E-state index < -0.39 is 23.7 Å². The van der Waals surface area contributed by atoms with Gasteiger partial charge in [0.1, 0.15) is 17.4 Å². The van der Waals surface area contributed by atoms with Crippen molar-refractivity contribution in [1.82, 2.24) is 15.2 Å². The number of carbonyl (C=O) groups is 2. The van der Waals surface area contributed by atoms with Gasteiger partial charge in [0, 0.05) is 36.3 Å². The quantitative estimate of drug-likeness (QED) is 0.227. The van der Waals surface area contributed by atoms with Crippen LogP contribution in [-0.2, 0) is 28.8 Å². The maximum absolute atomic E-state index is 12.0. The van der Waals surface area contributed by atoms with E-state index in [1.807, 2.05) is 42.6 Å². The van der Waals surface area contributed by atoms with E-state index in [-0.39, 0.29) is 6.42 Å². The van der Waals surface area contributed by atoms with Gasteiger partial charge in [-0.15, -0.1) is 0 Å². The van der Waals surface area contributed by atoms with Crippen LogP contribution in [0.15, 0.2) is 66.4 Å². The molecule has 1 aliphatic heterocycles. The van der Waals surface area contributed by atoms with Crippen LogP contribution in [0.3, 0.4) is 0 Å². The summed E-state index contributed by atoms with van der Waals surface area (Å²) in [6, 6.07) is 16.8. The minimum atomic E-state index is -1.12. The normalized spacial score (nSPS) is 15.7. The van der Waals surface area contributed by atoms with Crippen molar-refractivity contribution < 1.29 is 24.2 Å². The number of aryl methyl sites for hydroxylation is 2. The van der Waals surface area contributed by atoms with Crippen LogP contribution in [0.1, 0.15) is 74.4 Å². The molecular weight excluding hydrogens is 602 g/mol. The van der Waals surface area contributed by atoms with E-state index in [9.17, 15) is 14.7 Å². The SMILES string of the molecule is CC(C)(C)OC(=O)NC(Cc1ccc(OCCCCN2CCC(=C3c4ccc(Cl)cc4CCc4cccnc43)CC2)cc1)C(=O)O. The van der Waals surface area contributed by atoms with Crippen LogP contribution in [0.25, 0.3) is 5.57 Å². The number of likely N-dealkylation sites (tertiary alicyclic amines) is 1. The third-order valence-electron chi connectivity index (χ3n) is 8.43. The summed E-state index contributed by atoms with van der Waals surface area (Å²) in [5.74, 6) is -0.376. The number of pyridine rings is 1. The van der Waals surface area contributed by atoms with Gasteiger partial charge in [-0.2, -0.15) is 0 Å². The molecule has 0 bridgehead atoms. The van der Waals surface area contributed by atoms with Crippen molar-refractivity contribution >= 4 is 29.2 Å². The standard InChI is InChI=1S/C37H44ClN3O5/c1-37(2,3)46-36(44)40-32(35(42)43)23-25-8-13-30(14-9-25)45-22-5-4-19-41-20-16-26(17-21-41)33-31-15-12-29(38)24-28(31)11-10-27-7-6-18-39-34(27)33/h6-9,12-15,18,24,32H,4-5,10-11,16-17,19-23H2,1-3H3,(H,40,44)(H,42,43). The van der Waals surface area contributed by atoms with Gasteiger partial charge >= 0.3 is 12.1 Å². The zero-order valence-corrected chi connectivity index (χ0v) is 27.7. The Kier molecular flexibility index (Phi) is 11.0. The lowest BCUT2D eigenvalue weighted by Crippen LogP contribution is -2.44. The number of carboxylic acids is 1. The van der Waals surface area contributed by atoms with Crippen LogP contribution in [0.2, 0.25) is 5.02 Å². The van der Waals surface area contributed by atoms with E-state index in [0.29, 0.717) is 6.61 Å². The van der Waals surface area contributed by atoms with Crippen molar-refractivity contribution in [3.63, 3.8) is 0 Å². The molecule has 0 radical (unpaired) electrons. The van der Waals surface area contributed by atoms with Crippen molar-refractivity contribution in [3.8, 4) is 5.75 Å². The second-order valence-electron chi connectivity index (χ2n) is 13.1. The Morgan fingerprint density at radius 1 is 1.00 bits per heavy atom. The second kappa shape index (κ2) is 15.1. The summed E-state index contributed by atoms with van der Waals surface area (Å²) in [6.45, 7) is 8.91. The lowest BCUT2D eigenvalue weighted by Gasteiger charge is -2.30. The number of rotatable bonds is 10. The van der Waals surface area contributed by atoms with Gasteiger partial charge in [-0.3, -0.25) is 4.98 Å². The average Bonchev–Trinajstić information content (AvgIpc) is 3.17. The molecule has 0 saturated carbocycles. The van der Waals surface area contributed by atoms with E-state index >= 15 is 0 Å². The Balaban J connectivity index is 1.08. The first-order valence-corrected chi connectivity index (χ1v) is 16.5. The summed E-state index contributed by atoms with van der Waals surface area (Å²) in [5.41, 5.74) is 7.93. The minimum absolute atomic E-state index is 0.146. The fourth-order valence-electron chi connectivity index (χ4n) is 6.16. The molecule has 1 amide bonds. The van der Waals surface area contributed by atoms with E-state index in [4.69, 9.17) is 26.1 Å². The van der Waals surface area contributed by atoms with Gasteiger partial charge < -0.3 is 24.8 Å². The summed E-state index contributed by atoms with van der Waals surface area (Å²) in [7, 11) is 0. The third-order valence-corrected chi connectivity index (χ3v) is 8.67. The van der Waals surface area contributed by atoms with Crippen LogP contribution in [0, 0.1) is 0 Å². The number of hydrogen-bond donors (Lipinski definition) is 2. The van der Waals surface area contributed by atoms with Gasteiger partial charge in [0.2, 0.25) is 0 Å². The highest BCUT2D eigenvalue weighted by Gasteiger charge is 2.26. The first-order valence-electron chi connectivity index (χ1n) is 16.2. The van der Waals surface area contributed by atoms with Gasteiger partial charge in [-0.25, -0.2) is 9.59 Å². The Labute approximate surface area is 276 Å². The first-order chi connectivity index (χ1) is 22.1. The number of amides is 1. The largest absolute Gasteiger partial charge is 0.494 e. The molecule has 2 aromatic carbocycles. The van der Waals surface area contributed by atoms with Crippen molar-refractivity contribution in [2.75, 3.05) is 26.2 Å². The van der Waals surface area contributed by atoms with Crippen molar-refractivity contribution in [2.45, 2.75) is 77.4 Å². The van der Waals surface area contributed by atoms with Crippen molar-refractivity contribution in [2.24, 2.45) is 0 Å². The smallest absolute Gasteiger partial charge is 0.408 e. The van der Waals surface area contributed by atoms with Gasteiger partial charge in [0.25, 0.3) is 0 Å². The molecule has 2 aliphatic rings. The van der Waals surface area contributed by atoms with Crippen LogP contribution < -0.4 is 10.1 Å². The van der Waals surface area contributed by atoms with Gasteiger partial charge in [0.05, 0.1) is 12.3 Å². The molecule has 0 spiro atoms. The number of ether oxygens (including phenoxy) is 2.